The molecule has 4 rings (SSSR count). The average molecular weight is 373 g/mol. The van der Waals surface area contributed by atoms with E-state index in [1.54, 1.807) is 29.5 Å². The molecule has 8 nitrogen and oxygen atoms in total. The molecule has 28 heavy (non-hydrogen) atoms. The third-order valence-corrected chi connectivity index (χ3v) is 4.46. The van der Waals surface area contributed by atoms with Crippen molar-refractivity contribution in [1.29, 1.82) is 0 Å². The first-order valence-corrected chi connectivity index (χ1v) is 8.83. The Kier molecular flexibility index (Phi) is 4.67. The molecule has 0 saturated carbocycles. The monoisotopic (exact) mass is 373 g/mol. The summed E-state index contributed by atoms with van der Waals surface area (Å²) in [4.78, 5) is 25.5. The van der Waals surface area contributed by atoms with Gasteiger partial charge in [-0.15, -0.1) is 0 Å². The zero-order valence-electron chi connectivity index (χ0n) is 15.6. The van der Waals surface area contributed by atoms with Crippen LogP contribution in [0.15, 0.2) is 61.3 Å². The van der Waals surface area contributed by atoms with Crippen LogP contribution in [0.3, 0.4) is 0 Å². The van der Waals surface area contributed by atoms with Crippen LogP contribution in [-0.2, 0) is 6.54 Å². The number of pyridine rings is 2. The first-order chi connectivity index (χ1) is 13.6. The molecule has 0 unspecified atom stereocenters. The van der Waals surface area contributed by atoms with Crippen molar-refractivity contribution in [2.45, 2.75) is 20.4 Å². The highest BCUT2D eigenvalue weighted by Crippen LogP contribution is 2.13. The quantitative estimate of drug-likeness (QED) is 0.580. The zero-order valence-corrected chi connectivity index (χ0v) is 15.6. The summed E-state index contributed by atoms with van der Waals surface area (Å²) in [6.45, 7) is 4.15. The predicted molar refractivity (Wildman–Crippen MR) is 103 cm³/mol. The number of imidazole rings is 1. The summed E-state index contributed by atoms with van der Waals surface area (Å²) in [5, 5.41) is 7.20. The van der Waals surface area contributed by atoms with Gasteiger partial charge in [-0.3, -0.25) is 9.36 Å². The Balaban J connectivity index is 1.44. The van der Waals surface area contributed by atoms with Crippen molar-refractivity contribution in [3.8, 4) is 11.6 Å². The highest BCUT2D eigenvalue weighted by atomic mass is 16.1. The Morgan fingerprint density at radius 2 is 1.89 bits per heavy atom. The van der Waals surface area contributed by atoms with Crippen LogP contribution in [0.2, 0.25) is 0 Å². The van der Waals surface area contributed by atoms with Crippen LogP contribution in [0, 0.1) is 13.8 Å². The molecule has 4 aromatic heterocycles. The van der Waals surface area contributed by atoms with Gasteiger partial charge < -0.3 is 5.32 Å². The van der Waals surface area contributed by atoms with E-state index in [-0.39, 0.29) is 5.91 Å². The smallest absolute Gasteiger partial charge is 0.255 e. The van der Waals surface area contributed by atoms with Gasteiger partial charge in [-0.2, -0.15) is 5.10 Å². The van der Waals surface area contributed by atoms with Crippen molar-refractivity contribution < 1.29 is 4.79 Å². The van der Waals surface area contributed by atoms with Gasteiger partial charge >= 0.3 is 0 Å². The molecular weight excluding hydrogens is 354 g/mol. The van der Waals surface area contributed by atoms with Crippen molar-refractivity contribution in [1.82, 2.24) is 34.6 Å². The fourth-order valence-electron chi connectivity index (χ4n) is 2.90. The van der Waals surface area contributed by atoms with Crippen molar-refractivity contribution in [2.75, 3.05) is 0 Å². The Labute approximate surface area is 161 Å². The van der Waals surface area contributed by atoms with E-state index in [9.17, 15) is 4.79 Å². The van der Waals surface area contributed by atoms with Gasteiger partial charge in [-0.25, -0.2) is 19.6 Å². The summed E-state index contributed by atoms with van der Waals surface area (Å²) >= 11 is 0. The molecule has 4 heterocycles. The van der Waals surface area contributed by atoms with Crippen LogP contribution < -0.4 is 5.32 Å². The van der Waals surface area contributed by atoms with E-state index >= 15 is 0 Å². The number of carbonyl (C=O) groups is 1. The average Bonchev–Trinajstić information content (AvgIpc) is 3.33. The number of aryl methyl sites for hydroxylation is 1. The third kappa shape index (κ3) is 3.39. The second kappa shape index (κ2) is 7.43. The minimum absolute atomic E-state index is 0.186. The second-order valence-corrected chi connectivity index (χ2v) is 6.30. The van der Waals surface area contributed by atoms with Crippen molar-refractivity contribution in [3.63, 3.8) is 0 Å². The summed E-state index contributed by atoms with van der Waals surface area (Å²) < 4.78 is 3.55. The van der Waals surface area contributed by atoms with E-state index in [0.717, 1.165) is 22.9 Å². The van der Waals surface area contributed by atoms with Gasteiger partial charge in [0, 0.05) is 31.3 Å². The molecular formula is C20H19N7O. The first-order valence-electron chi connectivity index (χ1n) is 8.83. The maximum atomic E-state index is 12.6. The summed E-state index contributed by atoms with van der Waals surface area (Å²) in [6.07, 6.45) is 8.60. The van der Waals surface area contributed by atoms with E-state index in [2.05, 4.69) is 25.4 Å². The van der Waals surface area contributed by atoms with Crippen LogP contribution >= 0.6 is 0 Å². The summed E-state index contributed by atoms with van der Waals surface area (Å²) in [5.74, 6) is 2.15. The van der Waals surface area contributed by atoms with Gasteiger partial charge in [-0.1, -0.05) is 12.1 Å². The van der Waals surface area contributed by atoms with Gasteiger partial charge in [0.05, 0.1) is 17.5 Å². The van der Waals surface area contributed by atoms with E-state index in [1.165, 1.54) is 0 Å². The van der Waals surface area contributed by atoms with E-state index in [4.69, 9.17) is 0 Å². The third-order valence-electron chi connectivity index (χ3n) is 4.46. The van der Waals surface area contributed by atoms with Crippen LogP contribution in [-0.4, -0.2) is 35.2 Å². The lowest BCUT2D eigenvalue weighted by atomic mass is 10.2. The molecule has 140 valence electrons. The Morgan fingerprint density at radius 3 is 2.57 bits per heavy atom. The molecule has 0 bridgehead atoms. The topological polar surface area (TPSA) is 90.5 Å². The van der Waals surface area contributed by atoms with E-state index in [0.29, 0.717) is 17.9 Å². The van der Waals surface area contributed by atoms with Crippen molar-refractivity contribution >= 4 is 5.91 Å². The van der Waals surface area contributed by atoms with Crippen LogP contribution in [0.4, 0.5) is 0 Å². The number of rotatable bonds is 5. The Bertz CT molecular complexity index is 1100. The lowest BCUT2D eigenvalue weighted by Crippen LogP contribution is -2.23. The number of nitrogens with zero attached hydrogens (tertiary/aromatic N) is 6. The van der Waals surface area contributed by atoms with Gasteiger partial charge in [0.25, 0.3) is 5.91 Å². The second-order valence-electron chi connectivity index (χ2n) is 6.30. The predicted octanol–water partition coefficient (Wildman–Crippen LogP) is 2.39. The summed E-state index contributed by atoms with van der Waals surface area (Å²) in [5.41, 5.74) is 2.16. The van der Waals surface area contributed by atoms with Crippen molar-refractivity contribution in [3.05, 3.63) is 84.0 Å². The Hall–Kier alpha value is -3.81. The first kappa shape index (κ1) is 17.6. The molecule has 1 N–H and O–H groups in total. The fraction of sp³-hybridized carbons (Fsp3) is 0.150. The lowest BCUT2D eigenvalue weighted by molar-refractivity contribution is 0.0950. The van der Waals surface area contributed by atoms with E-state index < -0.39 is 0 Å². The Morgan fingerprint density at radius 1 is 1.00 bits per heavy atom. The van der Waals surface area contributed by atoms with Gasteiger partial charge in [0.15, 0.2) is 5.82 Å². The molecule has 4 aromatic rings. The molecule has 0 aliphatic heterocycles. The van der Waals surface area contributed by atoms with Gasteiger partial charge in [0.2, 0.25) is 0 Å². The zero-order chi connectivity index (χ0) is 19.5. The molecule has 0 atom stereocenters. The minimum Gasteiger partial charge on any atom is -0.348 e. The SMILES string of the molecule is Cc1nccn1-c1ccc(CNC(=O)c2cnn(-c3ccccn3)c2C)cn1. The van der Waals surface area contributed by atoms with Crippen LogP contribution in [0.25, 0.3) is 11.6 Å². The van der Waals surface area contributed by atoms with E-state index in [1.807, 2.05) is 54.9 Å². The number of carbonyl (C=O) groups excluding carboxylic acids is 1. The molecule has 0 aromatic carbocycles. The highest BCUT2D eigenvalue weighted by molar-refractivity contribution is 5.95. The number of aromatic nitrogens is 6. The molecule has 0 aliphatic rings. The summed E-state index contributed by atoms with van der Waals surface area (Å²) in [7, 11) is 0. The van der Waals surface area contributed by atoms with Gasteiger partial charge in [-0.05, 0) is 37.6 Å². The number of hydrogen-bond donors (Lipinski definition) is 1. The highest BCUT2D eigenvalue weighted by Gasteiger charge is 2.15. The molecule has 1 amide bonds. The largest absolute Gasteiger partial charge is 0.348 e. The normalized spacial score (nSPS) is 10.8. The molecule has 0 aliphatic carbocycles. The number of amides is 1. The lowest BCUT2D eigenvalue weighted by Gasteiger charge is -2.08. The summed E-state index contributed by atoms with van der Waals surface area (Å²) in [6, 6.07) is 9.40. The molecule has 0 spiro atoms. The maximum Gasteiger partial charge on any atom is 0.255 e. The standard InChI is InChI=1S/C20H19N7O/c1-14-17(13-25-27(14)19-5-3-4-8-22-19)20(28)24-12-16-6-7-18(23-11-16)26-10-9-21-15(26)2/h3-11,13H,12H2,1-2H3,(H,24,28). The molecule has 0 fully saturated rings. The minimum atomic E-state index is -0.186. The number of nitrogens with one attached hydrogen (secondary N) is 1. The number of hydrogen-bond acceptors (Lipinski definition) is 5. The maximum absolute atomic E-state index is 12.6. The van der Waals surface area contributed by atoms with Crippen LogP contribution in [0.1, 0.15) is 27.4 Å². The van der Waals surface area contributed by atoms with Gasteiger partial charge in [0.1, 0.15) is 11.6 Å². The molecule has 0 saturated heterocycles. The fourth-order valence-corrected chi connectivity index (χ4v) is 2.90. The molecule has 0 radical (unpaired) electrons. The molecule has 8 heteroatoms. The van der Waals surface area contributed by atoms with Crippen LogP contribution in [0.5, 0.6) is 0 Å². The van der Waals surface area contributed by atoms with Crippen molar-refractivity contribution in [2.24, 2.45) is 0 Å².